The van der Waals surface area contributed by atoms with E-state index in [1.165, 1.54) is 81.8 Å². The van der Waals surface area contributed by atoms with Crippen molar-refractivity contribution >= 4 is 100.0 Å². The summed E-state index contributed by atoms with van der Waals surface area (Å²) in [5.74, 6) is -0.796. The van der Waals surface area contributed by atoms with E-state index in [4.69, 9.17) is 174 Å². The number of ether oxygens (including phenoxy) is 16. The zero-order valence-corrected chi connectivity index (χ0v) is 85.6. The standard InChI is InChI=1S/C76H112N17O43P5S3/c1-12-40-41(23-47(126-40)88-26-37(4)62(95)85-74(88)101)132-139(108,142)124-32-45-51(55(117-19-14-112-8)67(129-45)91-27-38(5)63(96)86-75(91)102)134-137(104,105)121-30-43-50(56(118-20-15-113-9)70(131-43)93-34-80-48-61(93)83-71(79)84-65(48)98)133-138(106,107)122-31-44-52(57(119-21-16-114-10)68(128-44)90-25-36(3)60(78)82-73(90)100)135-141(110,144)125-33-46-53(58(120-22-17-115-11)69(130-46)92-28-39(6)64(97)87-76(92)103)136-140(109,143)123-29-42-49(94)54(116-18-13-111-7)66(127-42)89-24-35(2)59(77)81-72(89)99/h24-28,34,40-47,49-58,66-70,94H,12-23,29-33H2,1-11H3,(H,104,105)(H,106,107)(H,108,142)(H,109,143)(H,110,144)(H2,77,81,99)(H2,78,82,100)(H,85,95,101)(H,86,96,102)(H,87,97,103)(H3,79,83,84,98)/t40-,41?,42-,43-,44-,45-,46-,47-,49?,50?,51?,52?,53?,54+,55+,56+,57+,58+,66-,67-,68-,69-,70-,139?,140?,141?/m1/s1. The number of aromatic nitrogens is 14. The Balaban J connectivity index is 0.804. The number of aromatic amines is 4. The summed E-state index contributed by atoms with van der Waals surface area (Å²) >= 11 is 17.0. The summed E-state index contributed by atoms with van der Waals surface area (Å²) in [7, 11) is -5.25. The highest BCUT2D eigenvalue weighted by molar-refractivity contribution is 8.07. The molecule has 0 radical (unpaired) electrons. The third kappa shape index (κ3) is 27.5. The Bertz CT molecular complexity index is 6490. The molecule has 0 bridgehead atoms. The van der Waals surface area contributed by atoms with Crippen molar-refractivity contribution in [2.45, 2.75) is 196 Å². The van der Waals surface area contributed by atoms with Gasteiger partial charge in [-0.1, -0.05) is 6.92 Å². The maximum Gasteiger partial charge on any atom is 0.472 e. The highest BCUT2D eigenvalue weighted by Gasteiger charge is 2.59. The first-order chi connectivity index (χ1) is 68.2. The van der Waals surface area contributed by atoms with E-state index < -0.39 is 280 Å². The maximum absolute atomic E-state index is 15.4. The number of hydrogen-bond donors (Lipinski definition) is 13. The molecular weight excluding hydrogens is 2090 g/mol. The van der Waals surface area contributed by atoms with E-state index in [0.29, 0.717) is 5.56 Å². The monoisotopic (exact) mass is 2200 g/mol. The quantitative estimate of drug-likeness (QED) is 0.0135. The van der Waals surface area contributed by atoms with Crippen LogP contribution in [0.3, 0.4) is 0 Å². The molecule has 60 nitrogen and oxygen atoms in total. The summed E-state index contributed by atoms with van der Waals surface area (Å²) in [4.78, 5) is 206. The van der Waals surface area contributed by atoms with Gasteiger partial charge in [-0.25, -0.2) is 38.1 Å². The fourth-order valence-electron chi connectivity index (χ4n) is 16.2. The molecule has 16 N–H and O–H groups in total. The van der Waals surface area contributed by atoms with E-state index >= 15 is 9.13 Å². The van der Waals surface area contributed by atoms with Crippen molar-refractivity contribution in [2.24, 2.45) is 0 Å². The molecule has 68 heteroatoms. The number of methoxy groups -OCH3 is 5. The van der Waals surface area contributed by atoms with E-state index in [1.807, 2.05) is 0 Å². The van der Waals surface area contributed by atoms with Crippen LogP contribution in [-0.2, 0) is 166 Å². The number of aliphatic hydroxyl groups is 1. The van der Waals surface area contributed by atoms with Gasteiger partial charge in [-0.3, -0.25) is 93.7 Å². The largest absolute Gasteiger partial charge is 0.472 e. The highest BCUT2D eigenvalue weighted by atomic mass is 32.5. The molecular formula is C76H112N17O43P5S3. The summed E-state index contributed by atoms with van der Waals surface area (Å²) in [6.07, 6.45) is -31.1. The number of phosphoric ester groups is 2. The Morgan fingerprint density at radius 1 is 0.389 bits per heavy atom. The second-order valence-corrected chi connectivity index (χ2v) is 44.4. The number of nitrogens with zero attached hydrogens (tertiary/aromatic N) is 10. The number of nitrogen functional groups attached to an aromatic ring is 3. The van der Waals surface area contributed by atoms with E-state index in [2.05, 4.69) is 39.9 Å². The minimum absolute atomic E-state index is 0.0245. The summed E-state index contributed by atoms with van der Waals surface area (Å²) in [6, 6.07) is 0. The zero-order valence-electron chi connectivity index (χ0n) is 78.7. The van der Waals surface area contributed by atoms with Crippen LogP contribution in [0.15, 0.2) is 80.5 Å². The summed E-state index contributed by atoms with van der Waals surface area (Å²) in [6.45, 7) is -13.3. The Labute approximate surface area is 829 Å². The molecule has 13 rings (SSSR count). The number of H-pyrrole nitrogens is 4. The van der Waals surface area contributed by atoms with Crippen LogP contribution in [0.25, 0.3) is 11.2 Å². The first-order valence-corrected chi connectivity index (χ1v) is 54.8. The third-order valence-corrected chi connectivity index (χ3v) is 29.9. The lowest BCUT2D eigenvalue weighted by molar-refractivity contribution is -0.0843. The minimum Gasteiger partial charge on any atom is -0.387 e. The number of rotatable bonds is 52. The molecule has 13 heterocycles. The molecule has 6 aliphatic heterocycles. The highest BCUT2D eigenvalue weighted by Crippen LogP contribution is 2.58. The first kappa shape index (κ1) is 114. The Morgan fingerprint density at radius 3 is 1.11 bits per heavy atom. The van der Waals surface area contributed by atoms with Crippen molar-refractivity contribution in [3.05, 3.63) is 159 Å². The van der Waals surface area contributed by atoms with Crippen LogP contribution in [0.4, 0.5) is 17.6 Å². The number of imidazole rings is 1. The van der Waals surface area contributed by atoms with Gasteiger partial charge < -0.3 is 141 Å². The lowest BCUT2D eigenvalue weighted by Crippen LogP contribution is -2.42. The molecule has 6 fully saturated rings. The zero-order chi connectivity index (χ0) is 105. The number of phosphoric acid groups is 2. The number of aryl methyl sites for hydroxylation is 5. The van der Waals surface area contributed by atoms with Crippen molar-refractivity contribution in [1.29, 1.82) is 0 Å². The van der Waals surface area contributed by atoms with Gasteiger partial charge in [0.25, 0.3) is 22.2 Å². The molecule has 7 aromatic rings. The van der Waals surface area contributed by atoms with Gasteiger partial charge in [-0.2, -0.15) is 15.0 Å². The Kier molecular flexibility index (Phi) is 38.9. The topological polar surface area (TPSA) is 771 Å². The van der Waals surface area contributed by atoms with E-state index in [-0.39, 0.29) is 111 Å². The number of aliphatic hydroxyl groups excluding tert-OH is 1. The number of anilines is 3. The van der Waals surface area contributed by atoms with Gasteiger partial charge >= 0.3 is 64.2 Å². The molecule has 0 spiro atoms. The van der Waals surface area contributed by atoms with Crippen LogP contribution < -0.4 is 67.9 Å². The maximum atomic E-state index is 15.4. The molecule has 144 heavy (non-hydrogen) atoms. The SMILES string of the molecule is CC[C@H]1O[C@@H](n2cc(C)c(=O)[nH]c2=O)CC1OP(O)(=S)OC[C@H]1O[C@@H](n2cc(C)c(=O)[nH]c2=O)[C@@H](OCCOC)C1OP(=O)(O)OC[C@H]1O[C@@H](n2cnc3c(=O)[nH]c(N)nc32)[C@@H](OCCOC)C1OP(=O)(O)OC[C@H]1O[C@@H](n2cc(C)c(N)nc2=O)[C@@H](OCCOC)C1OP(O)(=S)OC[C@H]1O[C@@H](n2cc(C)c(=O)[nH]c2=O)[C@@H](OCCOC)C1OP(O)(=S)OC[C@H]1O[C@@H](n2cc(C)c(N)nc2=O)[C@@H](OCCOC)C1O. The van der Waals surface area contributed by atoms with Gasteiger partial charge in [0, 0.05) is 101 Å². The third-order valence-electron chi connectivity index (χ3n) is 23.2. The van der Waals surface area contributed by atoms with Crippen molar-refractivity contribution in [3.63, 3.8) is 0 Å². The molecule has 802 valence electrons. The normalized spacial score (nSPS) is 29.2. The van der Waals surface area contributed by atoms with E-state index in [9.17, 15) is 72.7 Å². The average Bonchev–Trinajstić information content (AvgIpc) is 1.60. The summed E-state index contributed by atoms with van der Waals surface area (Å²) in [5.41, 5.74) is 9.92. The molecule has 6 aliphatic rings. The molecule has 0 amide bonds. The smallest absolute Gasteiger partial charge is 0.387 e. The summed E-state index contributed by atoms with van der Waals surface area (Å²) in [5, 5.41) is 11.8. The van der Waals surface area contributed by atoms with Crippen LogP contribution in [0.1, 0.15) is 85.0 Å². The number of fused-ring (bicyclic) bond motifs is 1. The predicted octanol–water partition coefficient (Wildman–Crippen LogP) is -2.86. The van der Waals surface area contributed by atoms with E-state index in [1.54, 1.807) is 13.8 Å². The molecule has 0 aromatic carbocycles. The van der Waals surface area contributed by atoms with Gasteiger partial charge in [0.2, 0.25) is 5.95 Å². The average molecular weight is 2200 g/mol. The predicted molar refractivity (Wildman–Crippen MR) is 502 cm³/mol. The lowest BCUT2D eigenvalue weighted by Gasteiger charge is -2.30. The van der Waals surface area contributed by atoms with Gasteiger partial charge in [0.1, 0.15) is 109 Å². The Morgan fingerprint density at radius 2 is 0.715 bits per heavy atom. The van der Waals surface area contributed by atoms with Crippen LogP contribution in [0, 0.1) is 34.6 Å². The molecule has 11 unspecified atom stereocenters. The molecule has 7 aromatic heterocycles. The van der Waals surface area contributed by atoms with Crippen LogP contribution in [0.2, 0.25) is 0 Å². The number of hydrogen-bond acceptors (Lipinski definition) is 48. The van der Waals surface area contributed by atoms with Gasteiger partial charge in [-0.05, 0) is 76.5 Å². The molecule has 6 saturated heterocycles. The lowest BCUT2D eigenvalue weighted by atomic mass is 10.1. The second-order valence-electron chi connectivity index (χ2n) is 33.2. The van der Waals surface area contributed by atoms with Crippen LogP contribution in [-0.4, -0.2) is 335 Å². The molecule has 0 aliphatic carbocycles. The summed E-state index contributed by atoms with van der Waals surface area (Å²) < 4.78 is 192. The number of nitrogens with two attached hydrogens (primary N) is 3. The fraction of sp³-hybridized carbons (Fsp3) is 0.671. The van der Waals surface area contributed by atoms with Gasteiger partial charge in [-0.15, -0.1) is 0 Å². The second kappa shape index (κ2) is 49.2. The van der Waals surface area contributed by atoms with Crippen molar-refractivity contribution in [1.82, 2.24) is 67.3 Å². The number of nitrogens with one attached hydrogen (secondary N) is 4. The Hall–Kier alpha value is -7.32. The van der Waals surface area contributed by atoms with Crippen molar-refractivity contribution in [3.8, 4) is 0 Å². The van der Waals surface area contributed by atoms with Crippen LogP contribution >= 0.6 is 35.8 Å². The van der Waals surface area contributed by atoms with Gasteiger partial charge in [0.05, 0.1) is 118 Å². The molecule has 28 atom stereocenters. The fourth-order valence-corrected chi connectivity index (χ4v) is 22.5. The van der Waals surface area contributed by atoms with Crippen LogP contribution in [0.5, 0.6) is 0 Å². The van der Waals surface area contributed by atoms with Crippen molar-refractivity contribution in [2.75, 3.05) is 152 Å². The van der Waals surface area contributed by atoms with E-state index in [0.717, 1.165) is 46.1 Å². The molecule has 0 saturated carbocycles. The minimum atomic E-state index is -5.98. The first-order valence-electron chi connectivity index (χ1n) is 44.0. The van der Waals surface area contributed by atoms with Gasteiger partial charge in [0.15, 0.2) is 42.3 Å². The van der Waals surface area contributed by atoms with Crippen molar-refractivity contribution < 1.29 is 160 Å².